The van der Waals surface area contributed by atoms with Gasteiger partial charge in [-0.3, -0.25) is 4.79 Å². The maximum atomic E-state index is 13.4. The van der Waals surface area contributed by atoms with Crippen LogP contribution < -0.4 is 14.8 Å². The number of amides is 1. The molecule has 5 rings (SSSR count). The molecule has 2 heterocycles. The number of carbonyl (C=O) groups excluding carboxylic acids is 1. The fraction of sp³-hybridized carbons (Fsp3) is 0.400. The molecule has 1 aromatic heterocycles. The summed E-state index contributed by atoms with van der Waals surface area (Å²) >= 11 is 0. The lowest BCUT2D eigenvalue weighted by Gasteiger charge is -2.17. The molecule has 7 nitrogen and oxygen atoms in total. The molecule has 182 valence electrons. The van der Waals surface area contributed by atoms with Crippen molar-refractivity contribution >= 4 is 22.5 Å². The van der Waals surface area contributed by atoms with Crippen LogP contribution in [-0.2, 0) is 16.8 Å². The normalized spacial score (nSPS) is 18.3. The lowest BCUT2D eigenvalue weighted by atomic mass is 9.94. The summed E-state index contributed by atoms with van der Waals surface area (Å²) in [6.45, 7) is 4.05. The van der Waals surface area contributed by atoms with Gasteiger partial charge in [0.1, 0.15) is 0 Å². The van der Waals surface area contributed by atoms with Gasteiger partial charge in [0.25, 0.3) is 0 Å². The number of fused-ring (bicyclic) bond motifs is 2. The summed E-state index contributed by atoms with van der Waals surface area (Å²) < 4.78 is 37.7. The molecule has 1 atom stereocenters. The third kappa shape index (κ3) is 3.88. The highest BCUT2D eigenvalue weighted by atomic mass is 19.3. The molecule has 0 spiro atoms. The number of benzene rings is 2. The van der Waals surface area contributed by atoms with Gasteiger partial charge in [0.05, 0.1) is 24.7 Å². The van der Waals surface area contributed by atoms with E-state index in [0.29, 0.717) is 24.1 Å². The summed E-state index contributed by atoms with van der Waals surface area (Å²) in [5, 5.41) is 23.1. The number of alkyl halides is 2. The molecule has 1 aliphatic heterocycles. The van der Waals surface area contributed by atoms with E-state index in [4.69, 9.17) is 0 Å². The first-order valence-electron chi connectivity index (χ1n) is 11.3. The zero-order valence-corrected chi connectivity index (χ0v) is 18.8. The van der Waals surface area contributed by atoms with Gasteiger partial charge >= 0.3 is 6.29 Å². The molecule has 3 N–H and O–H groups in total. The number of hydrogen-bond donors (Lipinski definition) is 3. The summed E-state index contributed by atoms with van der Waals surface area (Å²) in [4.78, 5) is 13.2. The smallest absolute Gasteiger partial charge is 0.395 e. The van der Waals surface area contributed by atoms with Crippen molar-refractivity contribution in [3.8, 4) is 11.5 Å². The number of halogens is 2. The van der Waals surface area contributed by atoms with Crippen LogP contribution in [-0.4, -0.2) is 39.7 Å². The van der Waals surface area contributed by atoms with Crippen molar-refractivity contribution in [3.05, 3.63) is 53.7 Å². The number of nitrogens with zero attached hydrogens (tertiary/aromatic N) is 1. The maximum Gasteiger partial charge on any atom is 0.586 e. The molecule has 2 aromatic carbocycles. The molecule has 1 fully saturated rings. The summed E-state index contributed by atoms with van der Waals surface area (Å²) in [6, 6.07) is 12.0. The molecule has 1 saturated carbocycles. The van der Waals surface area contributed by atoms with Crippen LogP contribution in [0.2, 0.25) is 0 Å². The standard InChI is InChI=1S/C25H26F2N2O5.H2/c1-14(2)20-10-15-9-17(4-5-19(15)29(20)12-18(31)13-30)28-23(32)24(7-8-24)16-3-6-21-22(11-16)34-25(26,27)33-21;/h3-6,9-11,14,18,30-31H,7-8,12-13H2,1-2H3,(H,28,32);1H/t18-;/m1./s1. The second-order valence-electron chi connectivity index (χ2n) is 9.31. The third-order valence-electron chi connectivity index (χ3n) is 6.53. The third-order valence-corrected chi connectivity index (χ3v) is 6.53. The van der Waals surface area contributed by atoms with E-state index in [1.165, 1.54) is 12.1 Å². The lowest BCUT2D eigenvalue weighted by molar-refractivity contribution is -0.286. The average Bonchev–Trinajstić information content (AvgIpc) is 3.43. The van der Waals surface area contributed by atoms with Crippen molar-refractivity contribution in [1.82, 2.24) is 4.57 Å². The Kier molecular flexibility index (Phi) is 5.29. The van der Waals surface area contributed by atoms with E-state index in [0.717, 1.165) is 16.6 Å². The number of carbonyl (C=O) groups is 1. The summed E-state index contributed by atoms with van der Waals surface area (Å²) in [7, 11) is 0. The van der Waals surface area contributed by atoms with Crippen LogP contribution in [0.4, 0.5) is 14.5 Å². The van der Waals surface area contributed by atoms with Gasteiger partial charge in [-0.25, -0.2) is 0 Å². The molecule has 2 aliphatic rings. The molecule has 3 aromatic rings. The molecule has 9 heteroatoms. The quantitative estimate of drug-likeness (QED) is 0.473. The van der Waals surface area contributed by atoms with Crippen molar-refractivity contribution in [2.45, 2.75) is 57.0 Å². The van der Waals surface area contributed by atoms with Crippen molar-refractivity contribution in [1.29, 1.82) is 0 Å². The van der Waals surface area contributed by atoms with E-state index >= 15 is 0 Å². The van der Waals surface area contributed by atoms with Gasteiger partial charge in [0.2, 0.25) is 5.91 Å². The minimum atomic E-state index is -3.70. The average molecular weight is 475 g/mol. The van der Waals surface area contributed by atoms with Crippen LogP contribution in [0.5, 0.6) is 11.5 Å². The number of aliphatic hydroxyl groups is 2. The predicted octanol–water partition coefficient (Wildman–Crippen LogP) is 4.36. The number of hydrogen-bond acceptors (Lipinski definition) is 5. The zero-order valence-electron chi connectivity index (χ0n) is 18.8. The number of ether oxygens (including phenoxy) is 2. The highest BCUT2D eigenvalue weighted by Gasteiger charge is 2.52. The Morgan fingerprint density at radius 2 is 1.88 bits per heavy atom. The van der Waals surface area contributed by atoms with Crippen molar-refractivity contribution in [2.75, 3.05) is 11.9 Å². The van der Waals surface area contributed by atoms with Gasteiger partial charge in [-0.2, -0.15) is 0 Å². The Bertz CT molecular complexity index is 1270. The van der Waals surface area contributed by atoms with Gasteiger partial charge in [-0.05, 0) is 60.7 Å². The van der Waals surface area contributed by atoms with Crippen molar-refractivity contribution in [3.63, 3.8) is 0 Å². The monoisotopic (exact) mass is 474 g/mol. The first kappa shape index (κ1) is 22.6. The Labute approximate surface area is 196 Å². The van der Waals surface area contributed by atoms with Crippen LogP contribution in [0.3, 0.4) is 0 Å². The molecular formula is C25H28F2N2O5. The van der Waals surface area contributed by atoms with Crippen molar-refractivity contribution in [2.24, 2.45) is 0 Å². The second-order valence-corrected chi connectivity index (χ2v) is 9.31. The van der Waals surface area contributed by atoms with Crippen LogP contribution in [0.25, 0.3) is 10.9 Å². The Balaban J connectivity index is 0.00000289. The molecule has 0 saturated heterocycles. The van der Waals surface area contributed by atoms with Gasteiger partial charge in [0.15, 0.2) is 11.5 Å². The van der Waals surface area contributed by atoms with Gasteiger partial charge < -0.3 is 29.6 Å². The fourth-order valence-electron chi connectivity index (χ4n) is 4.59. The lowest BCUT2D eigenvalue weighted by Crippen LogP contribution is -2.28. The first-order chi connectivity index (χ1) is 16.1. The van der Waals surface area contributed by atoms with E-state index < -0.39 is 17.8 Å². The van der Waals surface area contributed by atoms with Crippen molar-refractivity contribution < 1.29 is 34.7 Å². The van der Waals surface area contributed by atoms with E-state index in [9.17, 15) is 23.8 Å². The second kappa shape index (κ2) is 7.95. The van der Waals surface area contributed by atoms with Gasteiger partial charge in [0, 0.05) is 23.7 Å². The van der Waals surface area contributed by atoms with Crippen LogP contribution >= 0.6 is 0 Å². The predicted molar refractivity (Wildman–Crippen MR) is 123 cm³/mol. The first-order valence-corrected chi connectivity index (χ1v) is 11.3. The van der Waals surface area contributed by atoms with Gasteiger partial charge in [-0.1, -0.05) is 19.9 Å². The van der Waals surface area contributed by atoms with Gasteiger partial charge in [-0.15, -0.1) is 8.78 Å². The van der Waals surface area contributed by atoms with Crippen LogP contribution in [0.1, 0.15) is 45.3 Å². The van der Waals surface area contributed by atoms with Crippen LogP contribution in [0.15, 0.2) is 42.5 Å². The minimum absolute atomic E-state index is 0. The zero-order chi connectivity index (χ0) is 24.3. The highest BCUT2D eigenvalue weighted by Crippen LogP contribution is 2.52. The summed E-state index contributed by atoms with van der Waals surface area (Å²) in [5.41, 5.74) is 2.34. The summed E-state index contributed by atoms with van der Waals surface area (Å²) in [6.07, 6.45) is -3.37. The SMILES string of the molecule is CC(C)c1cc2cc(NC(=O)C3(c4ccc5c(c4)OC(F)(F)O5)CC3)ccc2n1C[C@@H](O)CO.[HH]. The fourth-order valence-corrected chi connectivity index (χ4v) is 4.59. The molecule has 0 radical (unpaired) electrons. The number of aliphatic hydroxyl groups excluding tert-OH is 2. The number of anilines is 1. The highest BCUT2D eigenvalue weighted by molar-refractivity contribution is 6.02. The summed E-state index contributed by atoms with van der Waals surface area (Å²) in [5.74, 6) is -0.135. The van der Waals surface area contributed by atoms with E-state index in [2.05, 4.69) is 28.6 Å². The molecular weight excluding hydrogens is 446 g/mol. The molecule has 1 amide bonds. The molecule has 0 unspecified atom stereocenters. The topological polar surface area (TPSA) is 93.0 Å². The largest absolute Gasteiger partial charge is 0.586 e. The number of aromatic nitrogens is 1. The molecule has 1 aliphatic carbocycles. The Morgan fingerprint density at radius 1 is 1.15 bits per heavy atom. The van der Waals surface area contributed by atoms with E-state index in [1.54, 1.807) is 12.1 Å². The Morgan fingerprint density at radius 3 is 2.56 bits per heavy atom. The molecule has 0 bridgehead atoms. The van der Waals surface area contributed by atoms with E-state index in [-0.39, 0.29) is 37.9 Å². The van der Waals surface area contributed by atoms with Crippen LogP contribution in [0, 0.1) is 0 Å². The molecule has 34 heavy (non-hydrogen) atoms. The van der Waals surface area contributed by atoms with E-state index in [1.807, 2.05) is 22.8 Å². The number of rotatable bonds is 7. The number of nitrogens with one attached hydrogen (secondary N) is 1. The maximum absolute atomic E-state index is 13.4. The Hall–Kier alpha value is -3.17. The minimum Gasteiger partial charge on any atom is -0.395 e.